The summed E-state index contributed by atoms with van der Waals surface area (Å²) in [5, 5.41) is 8.07. The van der Waals surface area contributed by atoms with Crippen LogP contribution in [0.15, 0.2) is 28.7 Å². The molecule has 2 N–H and O–H groups in total. The number of rotatable bonds is 5. The Balaban J connectivity index is 2.14. The second-order valence-electron chi connectivity index (χ2n) is 4.51. The molecular formula is C14H19N3O. The Morgan fingerprint density at radius 1 is 1.33 bits per heavy atom. The smallest absolute Gasteiger partial charge is 0.221 e. The van der Waals surface area contributed by atoms with E-state index in [9.17, 15) is 0 Å². The monoisotopic (exact) mass is 245 g/mol. The quantitative estimate of drug-likeness (QED) is 0.877. The highest BCUT2D eigenvalue weighted by atomic mass is 16.4. The van der Waals surface area contributed by atoms with E-state index >= 15 is 0 Å². The molecule has 1 atom stereocenters. The fourth-order valence-electron chi connectivity index (χ4n) is 1.97. The molecule has 0 fully saturated rings. The lowest BCUT2D eigenvalue weighted by Crippen LogP contribution is -2.15. The molecule has 2 aromatic rings. The lowest BCUT2D eigenvalue weighted by Gasteiger charge is -2.10. The molecule has 0 radical (unpaired) electrons. The lowest BCUT2D eigenvalue weighted by molar-refractivity contribution is 0.417. The van der Waals surface area contributed by atoms with Gasteiger partial charge in [0.15, 0.2) is 0 Å². The Hall–Kier alpha value is -1.68. The molecule has 0 aliphatic heterocycles. The summed E-state index contributed by atoms with van der Waals surface area (Å²) < 4.78 is 5.59. The van der Waals surface area contributed by atoms with Crippen molar-refractivity contribution in [2.75, 3.05) is 6.54 Å². The van der Waals surface area contributed by atoms with Crippen LogP contribution >= 0.6 is 0 Å². The van der Waals surface area contributed by atoms with E-state index in [1.807, 2.05) is 6.92 Å². The predicted octanol–water partition coefficient (Wildman–Crippen LogP) is 2.23. The fourth-order valence-corrected chi connectivity index (χ4v) is 1.97. The molecule has 18 heavy (non-hydrogen) atoms. The Labute approximate surface area is 107 Å². The third kappa shape index (κ3) is 2.96. The minimum atomic E-state index is 0.0969. The average Bonchev–Trinajstić information content (AvgIpc) is 2.84. The number of nitrogens with zero attached hydrogens (tertiary/aromatic N) is 2. The predicted molar refractivity (Wildman–Crippen MR) is 70.4 cm³/mol. The van der Waals surface area contributed by atoms with E-state index < -0.39 is 0 Å². The molecule has 2 rings (SSSR count). The van der Waals surface area contributed by atoms with Crippen molar-refractivity contribution in [2.24, 2.45) is 5.73 Å². The standard InChI is InChI=1S/C14H19N3O/c1-3-13-16-17-14(18-13)12(9-15)8-11-6-4-5-10(2)7-11/h4-7,12H,3,8-9,15H2,1-2H3. The average molecular weight is 245 g/mol. The van der Waals surface area contributed by atoms with E-state index in [1.54, 1.807) is 0 Å². The topological polar surface area (TPSA) is 64.9 Å². The van der Waals surface area contributed by atoms with Crippen LogP contribution in [0.4, 0.5) is 0 Å². The molecule has 1 aromatic carbocycles. The SMILES string of the molecule is CCc1nnc(C(CN)Cc2cccc(C)c2)o1. The van der Waals surface area contributed by atoms with E-state index in [2.05, 4.69) is 41.4 Å². The van der Waals surface area contributed by atoms with Crippen LogP contribution in [0, 0.1) is 6.92 Å². The van der Waals surface area contributed by atoms with Crippen LogP contribution in [-0.2, 0) is 12.8 Å². The molecule has 0 spiro atoms. The van der Waals surface area contributed by atoms with Crippen LogP contribution in [0.2, 0.25) is 0 Å². The first-order chi connectivity index (χ1) is 8.72. The summed E-state index contributed by atoms with van der Waals surface area (Å²) in [6.45, 7) is 4.59. The molecular weight excluding hydrogens is 226 g/mol. The number of benzene rings is 1. The van der Waals surface area contributed by atoms with Gasteiger partial charge in [0.25, 0.3) is 0 Å². The first-order valence-corrected chi connectivity index (χ1v) is 6.30. The van der Waals surface area contributed by atoms with Gasteiger partial charge in [-0.25, -0.2) is 0 Å². The van der Waals surface area contributed by atoms with Crippen LogP contribution in [-0.4, -0.2) is 16.7 Å². The lowest BCUT2D eigenvalue weighted by atomic mass is 9.98. The normalized spacial score (nSPS) is 12.6. The van der Waals surface area contributed by atoms with Crippen LogP contribution in [0.25, 0.3) is 0 Å². The van der Waals surface area contributed by atoms with Crippen LogP contribution < -0.4 is 5.73 Å². The Kier molecular flexibility index (Phi) is 4.10. The van der Waals surface area contributed by atoms with E-state index in [-0.39, 0.29) is 5.92 Å². The van der Waals surface area contributed by atoms with Crippen molar-refractivity contribution in [2.45, 2.75) is 32.6 Å². The van der Waals surface area contributed by atoms with Crippen molar-refractivity contribution in [1.82, 2.24) is 10.2 Å². The highest BCUT2D eigenvalue weighted by Gasteiger charge is 2.17. The highest BCUT2D eigenvalue weighted by molar-refractivity contribution is 5.23. The molecule has 0 amide bonds. The Bertz CT molecular complexity index is 507. The van der Waals surface area contributed by atoms with Crippen molar-refractivity contribution in [3.63, 3.8) is 0 Å². The van der Waals surface area contributed by atoms with Gasteiger partial charge in [0.05, 0.1) is 5.92 Å². The first kappa shape index (κ1) is 12.8. The number of aromatic nitrogens is 2. The van der Waals surface area contributed by atoms with E-state index in [1.165, 1.54) is 11.1 Å². The summed E-state index contributed by atoms with van der Waals surface area (Å²) in [5.74, 6) is 1.42. The largest absolute Gasteiger partial charge is 0.425 e. The van der Waals surface area contributed by atoms with Crippen LogP contribution in [0.5, 0.6) is 0 Å². The molecule has 1 heterocycles. The van der Waals surface area contributed by atoms with Crippen molar-refractivity contribution < 1.29 is 4.42 Å². The second-order valence-corrected chi connectivity index (χ2v) is 4.51. The summed E-state index contributed by atoms with van der Waals surface area (Å²) in [6, 6.07) is 8.42. The number of nitrogens with two attached hydrogens (primary N) is 1. The maximum Gasteiger partial charge on any atom is 0.221 e. The van der Waals surface area contributed by atoms with Gasteiger partial charge < -0.3 is 10.2 Å². The third-order valence-electron chi connectivity index (χ3n) is 2.98. The summed E-state index contributed by atoms with van der Waals surface area (Å²) >= 11 is 0. The van der Waals surface area contributed by atoms with E-state index in [0.717, 1.165) is 12.8 Å². The Morgan fingerprint density at radius 2 is 2.17 bits per heavy atom. The van der Waals surface area contributed by atoms with Crippen molar-refractivity contribution in [3.8, 4) is 0 Å². The maximum absolute atomic E-state index is 5.81. The van der Waals surface area contributed by atoms with Gasteiger partial charge in [0.2, 0.25) is 11.8 Å². The highest BCUT2D eigenvalue weighted by Crippen LogP contribution is 2.19. The summed E-state index contributed by atoms with van der Waals surface area (Å²) in [5.41, 5.74) is 8.32. The van der Waals surface area contributed by atoms with Crippen molar-refractivity contribution >= 4 is 0 Å². The number of hydrogen-bond acceptors (Lipinski definition) is 4. The van der Waals surface area contributed by atoms with E-state index in [0.29, 0.717) is 18.3 Å². The van der Waals surface area contributed by atoms with Gasteiger partial charge in [-0.3, -0.25) is 0 Å². The van der Waals surface area contributed by atoms with Gasteiger partial charge in [-0.1, -0.05) is 36.8 Å². The van der Waals surface area contributed by atoms with E-state index in [4.69, 9.17) is 10.2 Å². The molecule has 4 nitrogen and oxygen atoms in total. The molecule has 1 aromatic heterocycles. The zero-order chi connectivity index (χ0) is 13.0. The molecule has 0 bridgehead atoms. The fraction of sp³-hybridized carbons (Fsp3) is 0.429. The van der Waals surface area contributed by atoms with Gasteiger partial charge in [0, 0.05) is 13.0 Å². The zero-order valence-corrected chi connectivity index (χ0v) is 10.9. The number of aryl methyl sites for hydroxylation is 2. The first-order valence-electron chi connectivity index (χ1n) is 6.30. The minimum absolute atomic E-state index is 0.0969. The van der Waals surface area contributed by atoms with Gasteiger partial charge in [0.1, 0.15) is 0 Å². The van der Waals surface area contributed by atoms with Crippen LogP contribution in [0.1, 0.15) is 35.7 Å². The number of hydrogen-bond donors (Lipinski definition) is 1. The maximum atomic E-state index is 5.81. The molecule has 0 aliphatic carbocycles. The minimum Gasteiger partial charge on any atom is -0.425 e. The summed E-state index contributed by atoms with van der Waals surface area (Å²) in [7, 11) is 0. The second kappa shape index (κ2) is 5.78. The molecule has 0 aliphatic rings. The molecule has 1 unspecified atom stereocenters. The van der Waals surface area contributed by atoms with Gasteiger partial charge in [-0.2, -0.15) is 0 Å². The van der Waals surface area contributed by atoms with Crippen LogP contribution in [0.3, 0.4) is 0 Å². The Morgan fingerprint density at radius 3 is 2.78 bits per heavy atom. The van der Waals surface area contributed by atoms with Gasteiger partial charge >= 0.3 is 0 Å². The summed E-state index contributed by atoms with van der Waals surface area (Å²) in [4.78, 5) is 0. The molecule has 96 valence electrons. The third-order valence-corrected chi connectivity index (χ3v) is 2.98. The summed E-state index contributed by atoms with van der Waals surface area (Å²) in [6.07, 6.45) is 1.60. The van der Waals surface area contributed by atoms with Crippen molar-refractivity contribution in [1.29, 1.82) is 0 Å². The van der Waals surface area contributed by atoms with Crippen molar-refractivity contribution in [3.05, 3.63) is 47.2 Å². The van der Waals surface area contributed by atoms with Gasteiger partial charge in [-0.05, 0) is 18.9 Å². The molecule has 0 saturated heterocycles. The molecule has 4 heteroatoms. The molecule has 0 saturated carbocycles. The zero-order valence-electron chi connectivity index (χ0n) is 10.9. The van der Waals surface area contributed by atoms with Gasteiger partial charge in [-0.15, -0.1) is 10.2 Å².